The van der Waals surface area contributed by atoms with E-state index >= 15 is 0 Å². The summed E-state index contributed by atoms with van der Waals surface area (Å²) in [5, 5.41) is -0.293. The number of rotatable bonds is 2. The minimum atomic E-state index is -0.293. The number of carbonyl (C=O) groups excluding carboxylic acids is 2. The Hall–Kier alpha value is -1.49. The van der Waals surface area contributed by atoms with Gasteiger partial charge < -0.3 is 9.64 Å². The van der Waals surface area contributed by atoms with Crippen LogP contribution in [0.1, 0.15) is 19.4 Å². The molecule has 18 heavy (non-hydrogen) atoms. The second-order valence-corrected chi connectivity index (χ2v) is 5.01. The van der Waals surface area contributed by atoms with Gasteiger partial charge in [0.15, 0.2) is 0 Å². The first kappa shape index (κ1) is 13.0. The van der Waals surface area contributed by atoms with Crippen molar-refractivity contribution in [3.8, 4) is 0 Å². The molecule has 0 N–H and O–H groups in total. The average Bonchev–Trinajstić information content (AvgIpc) is 2.72. The van der Waals surface area contributed by atoms with E-state index in [-0.39, 0.29) is 11.2 Å². The van der Waals surface area contributed by atoms with Crippen molar-refractivity contribution in [1.82, 2.24) is 0 Å². The van der Waals surface area contributed by atoms with Crippen LogP contribution in [0, 0.1) is 0 Å². The number of ether oxygens (including phenoxy) is 1. The van der Waals surface area contributed by atoms with Crippen LogP contribution in [0.25, 0.3) is 0 Å². The zero-order chi connectivity index (χ0) is 13.1. The molecule has 1 aromatic carbocycles. The number of anilines is 1. The van der Waals surface area contributed by atoms with Gasteiger partial charge in [0.1, 0.15) is 0 Å². The summed E-state index contributed by atoms with van der Waals surface area (Å²) in [6.45, 7) is 4.45. The molecule has 96 valence electrons. The summed E-state index contributed by atoms with van der Waals surface area (Å²) < 4.78 is 4.88. The lowest BCUT2D eigenvalue weighted by Gasteiger charge is -2.14. The molecule has 0 saturated heterocycles. The predicted octanol–water partition coefficient (Wildman–Crippen LogP) is 2.84. The first-order valence-electron chi connectivity index (χ1n) is 5.87. The quantitative estimate of drug-likeness (QED) is 0.609. The van der Waals surface area contributed by atoms with E-state index in [0.717, 1.165) is 40.9 Å². The smallest absolute Gasteiger partial charge is 0.372 e. The van der Waals surface area contributed by atoms with Crippen LogP contribution in [-0.2, 0) is 16.0 Å². The van der Waals surface area contributed by atoms with Gasteiger partial charge in [-0.3, -0.25) is 4.79 Å². The molecule has 0 bridgehead atoms. The minimum Gasteiger partial charge on any atom is -0.458 e. The molecule has 0 fully saturated rings. The van der Waals surface area contributed by atoms with Gasteiger partial charge in [0.2, 0.25) is 5.91 Å². The lowest BCUT2D eigenvalue weighted by Crippen LogP contribution is -2.25. The normalized spacial score (nSPS) is 13.3. The lowest BCUT2D eigenvalue weighted by molar-refractivity contribution is -0.116. The van der Waals surface area contributed by atoms with Gasteiger partial charge >= 0.3 is 5.30 Å². The van der Waals surface area contributed by atoms with E-state index in [1.165, 1.54) is 0 Å². The van der Waals surface area contributed by atoms with E-state index in [1.54, 1.807) is 18.7 Å². The Morgan fingerprint density at radius 2 is 2.22 bits per heavy atom. The lowest BCUT2D eigenvalue weighted by atomic mass is 10.2. The molecule has 0 aromatic heterocycles. The summed E-state index contributed by atoms with van der Waals surface area (Å²) in [6.07, 6.45) is 0.839. The monoisotopic (exact) mass is 265 g/mol. The molecule has 1 amide bonds. The van der Waals surface area contributed by atoms with Crippen LogP contribution in [0.5, 0.6) is 0 Å². The van der Waals surface area contributed by atoms with Gasteiger partial charge in [-0.2, -0.15) is 0 Å². The van der Waals surface area contributed by atoms with Crippen LogP contribution in [-0.4, -0.2) is 24.4 Å². The molecule has 0 spiro atoms. The van der Waals surface area contributed by atoms with E-state index < -0.39 is 0 Å². The van der Waals surface area contributed by atoms with Crippen molar-refractivity contribution in [2.24, 2.45) is 0 Å². The van der Waals surface area contributed by atoms with Crippen LogP contribution in [0.2, 0.25) is 0 Å². The molecule has 2 rings (SSSR count). The van der Waals surface area contributed by atoms with Crippen LogP contribution < -0.4 is 4.90 Å². The third kappa shape index (κ3) is 2.67. The fourth-order valence-corrected chi connectivity index (χ4v) is 2.72. The highest BCUT2D eigenvalue weighted by Gasteiger charge is 2.22. The van der Waals surface area contributed by atoms with Gasteiger partial charge in [-0.15, -0.1) is 0 Å². The van der Waals surface area contributed by atoms with Crippen molar-refractivity contribution in [2.75, 3.05) is 18.1 Å². The highest BCUT2D eigenvalue weighted by Crippen LogP contribution is 2.32. The van der Waals surface area contributed by atoms with Crippen LogP contribution >= 0.6 is 11.8 Å². The number of benzene rings is 1. The van der Waals surface area contributed by atoms with E-state index in [0.29, 0.717) is 6.61 Å². The Morgan fingerprint density at radius 1 is 1.44 bits per heavy atom. The molecule has 1 aromatic rings. The number of fused-ring (bicyclic) bond motifs is 1. The summed E-state index contributed by atoms with van der Waals surface area (Å²) in [6, 6.07) is 5.70. The molecule has 1 heterocycles. The maximum Gasteiger partial charge on any atom is 0.372 e. The van der Waals surface area contributed by atoms with Gasteiger partial charge in [0.05, 0.1) is 6.61 Å². The highest BCUT2D eigenvalue weighted by molar-refractivity contribution is 8.13. The number of carbonyl (C=O) groups is 2. The van der Waals surface area contributed by atoms with E-state index in [1.807, 2.05) is 18.2 Å². The Morgan fingerprint density at radius 3 is 2.89 bits per heavy atom. The van der Waals surface area contributed by atoms with Crippen LogP contribution in [0.15, 0.2) is 23.1 Å². The van der Waals surface area contributed by atoms with Crippen molar-refractivity contribution < 1.29 is 14.3 Å². The van der Waals surface area contributed by atoms with Crippen LogP contribution in [0.4, 0.5) is 10.5 Å². The Kier molecular flexibility index (Phi) is 3.91. The second-order valence-electron chi connectivity index (χ2n) is 4.00. The molecule has 0 aliphatic carbocycles. The zero-order valence-corrected chi connectivity index (χ0v) is 11.3. The number of thioether (sulfide) groups is 1. The van der Waals surface area contributed by atoms with Crippen molar-refractivity contribution in [1.29, 1.82) is 0 Å². The molecule has 0 atom stereocenters. The summed E-state index contributed by atoms with van der Waals surface area (Å²) in [5.41, 5.74) is 2.07. The number of hydrogen-bond acceptors (Lipinski definition) is 4. The van der Waals surface area contributed by atoms with E-state index in [2.05, 4.69) is 0 Å². The first-order valence-corrected chi connectivity index (χ1v) is 6.69. The van der Waals surface area contributed by atoms with Crippen LogP contribution in [0.3, 0.4) is 0 Å². The van der Waals surface area contributed by atoms with Gasteiger partial charge in [0.25, 0.3) is 0 Å². The Labute approximate surface area is 110 Å². The molecule has 0 unspecified atom stereocenters. The topological polar surface area (TPSA) is 46.6 Å². The van der Waals surface area contributed by atoms with Gasteiger partial charge in [-0.25, -0.2) is 4.79 Å². The molecular formula is C13H15NO3S. The summed E-state index contributed by atoms with van der Waals surface area (Å²) in [7, 11) is 0. The molecule has 5 heteroatoms. The van der Waals surface area contributed by atoms with E-state index in [9.17, 15) is 9.59 Å². The minimum absolute atomic E-state index is 0.0551. The molecule has 4 nitrogen and oxygen atoms in total. The third-order valence-electron chi connectivity index (χ3n) is 2.79. The highest BCUT2D eigenvalue weighted by atomic mass is 32.2. The fraction of sp³-hybridized carbons (Fsp3) is 0.385. The number of nitrogens with zero attached hydrogens (tertiary/aromatic N) is 1. The third-order valence-corrected chi connectivity index (χ3v) is 3.56. The first-order chi connectivity index (χ1) is 8.61. The molecule has 0 radical (unpaired) electrons. The molecule has 1 aliphatic rings. The van der Waals surface area contributed by atoms with Gasteiger partial charge in [-0.05, 0) is 48.9 Å². The molecule has 1 aliphatic heterocycles. The zero-order valence-electron chi connectivity index (χ0n) is 10.4. The summed E-state index contributed by atoms with van der Waals surface area (Å²) in [4.78, 5) is 25.4. The number of amides is 1. The molecular weight excluding hydrogens is 250 g/mol. The summed E-state index contributed by atoms with van der Waals surface area (Å²) in [5.74, 6) is 0.0551. The predicted molar refractivity (Wildman–Crippen MR) is 71.1 cm³/mol. The summed E-state index contributed by atoms with van der Waals surface area (Å²) >= 11 is 1.08. The van der Waals surface area contributed by atoms with Crippen molar-refractivity contribution in [3.63, 3.8) is 0 Å². The fourth-order valence-electron chi connectivity index (χ4n) is 2.01. The standard InChI is InChI=1S/C13H15NO3S/c1-3-17-13(16)18-11-4-5-12-10(8-11)6-7-14(12)9(2)15/h4-5,8H,3,6-7H2,1-2H3. The SMILES string of the molecule is CCOC(=O)Sc1ccc2c(c1)CCN2C(C)=O. The van der Waals surface area contributed by atoms with Gasteiger partial charge in [-0.1, -0.05) is 0 Å². The molecule has 0 saturated carbocycles. The van der Waals surface area contributed by atoms with Crippen molar-refractivity contribution >= 4 is 28.7 Å². The Bertz CT molecular complexity index is 487. The maximum atomic E-state index is 11.4. The maximum absolute atomic E-state index is 11.4. The largest absolute Gasteiger partial charge is 0.458 e. The Balaban J connectivity index is 2.14. The number of hydrogen-bond donors (Lipinski definition) is 0. The van der Waals surface area contributed by atoms with Crippen molar-refractivity contribution in [3.05, 3.63) is 23.8 Å². The van der Waals surface area contributed by atoms with E-state index in [4.69, 9.17) is 4.74 Å². The van der Waals surface area contributed by atoms with Crippen molar-refractivity contribution in [2.45, 2.75) is 25.2 Å². The average molecular weight is 265 g/mol. The van der Waals surface area contributed by atoms with Gasteiger partial charge in [0, 0.05) is 24.1 Å². The second kappa shape index (κ2) is 5.44.